The lowest BCUT2D eigenvalue weighted by molar-refractivity contribution is -0.274. The lowest BCUT2D eigenvalue weighted by Crippen LogP contribution is -2.18. The van der Waals surface area contributed by atoms with Crippen LogP contribution in [0, 0.1) is 0 Å². The largest absolute Gasteiger partial charge is 0.573 e. The zero-order valence-electron chi connectivity index (χ0n) is 11.5. The van der Waals surface area contributed by atoms with Gasteiger partial charge in [-0.2, -0.15) is 0 Å². The molecule has 0 atom stereocenters. The SMILES string of the molecule is CNC(=O)c1nnc(NC(=O)c2cccc(OC(F)(F)F)c2)o1. The topological polar surface area (TPSA) is 106 Å². The summed E-state index contributed by atoms with van der Waals surface area (Å²) in [6, 6.07) is 4.02. The molecule has 0 fully saturated rings. The molecule has 1 aromatic heterocycles. The fourth-order valence-electron chi connectivity index (χ4n) is 1.48. The fourth-order valence-corrected chi connectivity index (χ4v) is 1.48. The van der Waals surface area contributed by atoms with E-state index in [4.69, 9.17) is 4.42 Å². The summed E-state index contributed by atoms with van der Waals surface area (Å²) in [4.78, 5) is 23.1. The molecule has 122 valence electrons. The van der Waals surface area contributed by atoms with E-state index < -0.39 is 23.9 Å². The van der Waals surface area contributed by atoms with Crippen molar-refractivity contribution in [1.82, 2.24) is 15.5 Å². The van der Waals surface area contributed by atoms with Gasteiger partial charge in [-0.05, 0) is 18.2 Å². The molecular weight excluding hydrogens is 321 g/mol. The minimum Gasteiger partial charge on any atom is -0.406 e. The van der Waals surface area contributed by atoms with Gasteiger partial charge in [-0.3, -0.25) is 14.9 Å². The number of aromatic nitrogens is 2. The van der Waals surface area contributed by atoms with Crippen LogP contribution in [0.5, 0.6) is 5.75 Å². The highest BCUT2D eigenvalue weighted by Gasteiger charge is 2.31. The van der Waals surface area contributed by atoms with Crippen molar-refractivity contribution in [1.29, 1.82) is 0 Å². The fraction of sp³-hybridized carbons (Fsp3) is 0.167. The Morgan fingerprint density at radius 1 is 1.22 bits per heavy atom. The van der Waals surface area contributed by atoms with Crippen molar-refractivity contribution in [3.63, 3.8) is 0 Å². The van der Waals surface area contributed by atoms with Crippen LogP contribution in [-0.4, -0.2) is 35.4 Å². The Bertz CT molecular complexity index is 729. The van der Waals surface area contributed by atoms with Crippen molar-refractivity contribution in [3.8, 4) is 5.75 Å². The van der Waals surface area contributed by atoms with Crippen LogP contribution in [0.4, 0.5) is 19.2 Å². The average Bonchev–Trinajstić information content (AvgIpc) is 2.93. The number of ether oxygens (including phenoxy) is 1. The second-order valence-corrected chi connectivity index (χ2v) is 4.02. The predicted octanol–water partition coefficient (Wildman–Crippen LogP) is 1.58. The van der Waals surface area contributed by atoms with Crippen molar-refractivity contribution in [2.45, 2.75) is 6.36 Å². The third-order valence-electron chi connectivity index (χ3n) is 2.40. The molecule has 2 amide bonds. The van der Waals surface area contributed by atoms with Crippen LogP contribution in [0.3, 0.4) is 0 Å². The first kappa shape index (κ1) is 16.3. The molecule has 2 aromatic rings. The Balaban J connectivity index is 2.10. The number of halogens is 3. The highest BCUT2D eigenvalue weighted by Crippen LogP contribution is 2.23. The first-order chi connectivity index (χ1) is 10.8. The second-order valence-electron chi connectivity index (χ2n) is 4.02. The van der Waals surface area contributed by atoms with E-state index in [-0.39, 0.29) is 17.5 Å². The summed E-state index contributed by atoms with van der Waals surface area (Å²) in [7, 11) is 1.34. The normalized spacial score (nSPS) is 11.0. The maximum absolute atomic E-state index is 12.1. The number of nitrogens with one attached hydrogen (secondary N) is 2. The number of carbonyl (C=O) groups is 2. The molecule has 0 unspecified atom stereocenters. The van der Waals surface area contributed by atoms with Gasteiger partial charge < -0.3 is 14.5 Å². The average molecular weight is 330 g/mol. The van der Waals surface area contributed by atoms with Gasteiger partial charge in [0.2, 0.25) is 0 Å². The van der Waals surface area contributed by atoms with Crippen LogP contribution in [0.25, 0.3) is 0 Å². The third kappa shape index (κ3) is 4.43. The van der Waals surface area contributed by atoms with Crippen LogP contribution in [-0.2, 0) is 0 Å². The van der Waals surface area contributed by atoms with Gasteiger partial charge in [-0.1, -0.05) is 11.2 Å². The quantitative estimate of drug-likeness (QED) is 0.881. The Kier molecular flexibility index (Phi) is 4.48. The number of hydrogen-bond donors (Lipinski definition) is 2. The zero-order valence-corrected chi connectivity index (χ0v) is 11.5. The number of nitrogens with zero attached hydrogens (tertiary/aromatic N) is 2. The van der Waals surface area contributed by atoms with Gasteiger partial charge in [0, 0.05) is 12.6 Å². The van der Waals surface area contributed by atoms with Gasteiger partial charge in [-0.25, -0.2) is 0 Å². The Morgan fingerprint density at radius 2 is 1.96 bits per heavy atom. The lowest BCUT2D eigenvalue weighted by Gasteiger charge is -2.09. The first-order valence-electron chi connectivity index (χ1n) is 6.01. The minimum atomic E-state index is -4.87. The van der Waals surface area contributed by atoms with E-state index in [1.807, 2.05) is 0 Å². The zero-order chi connectivity index (χ0) is 17.0. The first-order valence-corrected chi connectivity index (χ1v) is 6.01. The molecule has 0 aliphatic rings. The lowest BCUT2D eigenvalue weighted by atomic mass is 10.2. The summed E-state index contributed by atoms with van der Waals surface area (Å²) in [5.74, 6) is -2.40. The Morgan fingerprint density at radius 3 is 2.61 bits per heavy atom. The van der Waals surface area contributed by atoms with Gasteiger partial charge in [0.25, 0.3) is 5.91 Å². The van der Waals surface area contributed by atoms with E-state index in [9.17, 15) is 22.8 Å². The summed E-state index contributed by atoms with van der Waals surface area (Å²) >= 11 is 0. The van der Waals surface area contributed by atoms with Gasteiger partial charge in [0.15, 0.2) is 0 Å². The highest BCUT2D eigenvalue weighted by atomic mass is 19.4. The molecule has 0 aliphatic carbocycles. The number of rotatable bonds is 4. The van der Waals surface area contributed by atoms with Crippen LogP contribution in [0.1, 0.15) is 21.0 Å². The molecule has 2 N–H and O–H groups in total. The van der Waals surface area contributed by atoms with Crippen molar-refractivity contribution in [2.24, 2.45) is 0 Å². The monoisotopic (exact) mass is 330 g/mol. The van der Waals surface area contributed by atoms with Crippen molar-refractivity contribution in [3.05, 3.63) is 35.7 Å². The molecule has 0 saturated heterocycles. The van der Waals surface area contributed by atoms with E-state index in [2.05, 4.69) is 25.6 Å². The predicted molar refractivity (Wildman–Crippen MR) is 68.8 cm³/mol. The van der Waals surface area contributed by atoms with Crippen LogP contribution >= 0.6 is 0 Å². The maximum atomic E-state index is 12.1. The number of amides is 2. The third-order valence-corrected chi connectivity index (χ3v) is 2.40. The van der Waals surface area contributed by atoms with Crippen molar-refractivity contribution < 1.29 is 31.9 Å². The molecule has 11 heteroatoms. The summed E-state index contributed by atoms with van der Waals surface area (Å²) < 4.78 is 45.0. The summed E-state index contributed by atoms with van der Waals surface area (Å²) in [5.41, 5.74) is -0.133. The number of carbonyl (C=O) groups excluding carboxylic acids is 2. The molecule has 0 bridgehead atoms. The van der Waals surface area contributed by atoms with Crippen LogP contribution in [0.2, 0.25) is 0 Å². The number of benzene rings is 1. The minimum absolute atomic E-state index is 0.133. The summed E-state index contributed by atoms with van der Waals surface area (Å²) in [5, 5.41) is 11.2. The van der Waals surface area contributed by atoms with Crippen LogP contribution < -0.4 is 15.4 Å². The van der Waals surface area contributed by atoms with E-state index in [1.54, 1.807) is 0 Å². The van der Waals surface area contributed by atoms with Gasteiger partial charge in [-0.15, -0.1) is 18.3 Å². The van der Waals surface area contributed by atoms with Gasteiger partial charge in [0.1, 0.15) is 5.75 Å². The number of anilines is 1. The van der Waals surface area contributed by atoms with Gasteiger partial charge >= 0.3 is 24.2 Å². The molecule has 2 rings (SSSR count). The second kappa shape index (κ2) is 6.34. The van der Waals surface area contributed by atoms with E-state index in [0.717, 1.165) is 12.1 Å². The number of hydrogen-bond acceptors (Lipinski definition) is 6. The smallest absolute Gasteiger partial charge is 0.406 e. The summed E-state index contributed by atoms with van der Waals surface area (Å²) in [6.07, 6.45) is -4.87. The van der Waals surface area contributed by atoms with Crippen molar-refractivity contribution >= 4 is 17.8 Å². The molecule has 0 spiro atoms. The Hall–Kier alpha value is -3.11. The van der Waals surface area contributed by atoms with Gasteiger partial charge in [0.05, 0.1) is 0 Å². The van der Waals surface area contributed by atoms with E-state index in [1.165, 1.54) is 19.2 Å². The molecule has 23 heavy (non-hydrogen) atoms. The maximum Gasteiger partial charge on any atom is 0.573 e. The Labute approximate surface area is 126 Å². The van der Waals surface area contributed by atoms with E-state index in [0.29, 0.717) is 0 Å². The molecule has 0 radical (unpaired) electrons. The highest BCUT2D eigenvalue weighted by molar-refractivity contribution is 6.03. The van der Waals surface area contributed by atoms with E-state index >= 15 is 0 Å². The molecule has 0 saturated carbocycles. The number of alkyl halides is 3. The molecule has 0 aliphatic heterocycles. The molecule has 8 nitrogen and oxygen atoms in total. The molecule has 1 aromatic carbocycles. The summed E-state index contributed by atoms with van der Waals surface area (Å²) in [6.45, 7) is 0. The standard InChI is InChI=1S/C12H9F3N4O4/c1-16-9(21)10-18-19-11(22-10)17-8(20)6-3-2-4-7(5-6)23-12(13,14)15/h2-5H,1H3,(H,16,21)(H,17,19,20). The van der Waals surface area contributed by atoms with Crippen LogP contribution in [0.15, 0.2) is 28.7 Å². The molecular formula is C12H9F3N4O4. The molecule has 1 heterocycles. The van der Waals surface area contributed by atoms with Crippen molar-refractivity contribution in [2.75, 3.05) is 12.4 Å².